The van der Waals surface area contributed by atoms with Gasteiger partial charge < -0.3 is 9.47 Å². The van der Waals surface area contributed by atoms with Crippen molar-refractivity contribution in [3.63, 3.8) is 0 Å². The fourth-order valence-corrected chi connectivity index (χ4v) is 0.364. The van der Waals surface area contributed by atoms with Gasteiger partial charge in [0, 0.05) is 7.11 Å². The Morgan fingerprint density at radius 2 is 2.00 bits per heavy atom. The molecule has 0 amide bonds. The highest BCUT2D eigenvalue weighted by atomic mass is 32.1. The molecule has 3 nitrogen and oxygen atoms in total. The van der Waals surface area contributed by atoms with E-state index >= 15 is 0 Å². The quantitative estimate of drug-likeness (QED) is 0.353. The monoisotopic (exact) mass is 150 g/mol. The van der Waals surface area contributed by atoms with Crippen molar-refractivity contribution in [2.45, 2.75) is 11.9 Å². The Hall–Kier alpha value is -0.220. The molecule has 0 aromatic rings. The zero-order valence-electron chi connectivity index (χ0n) is 5.67. The van der Waals surface area contributed by atoms with Gasteiger partial charge in [0.25, 0.3) is 0 Å². The smallest absolute Gasteiger partial charge is 0.348 e. The second kappa shape index (κ2) is 3.08. The van der Waals surface area contributed by atoms with Crippen molar-refractivity contribution in [2.24, 2.45) is 0 Å². The van der Waals surface area contributed by atoms with Crippen LogP contribution in [0.15, 0.2) is 0 Å². The van der Waals surface area contributed by atoms with Crippen LogP contribution < -0.4 is 0 Å². The van der Waals surface area contributed by atoms with Crippen LogP contribution in [0.2, 0.25) is 0 Å². The predicted octanol–water partition coefficient (Wildman–Crippen LogP) is 0.452. The van der Waals surface area contributed by atoms with Crippen molar-refractivity contribution in [1.82, 2.24) is 0 Å². The number of carbonyl (C=O) groups is 1. The number of thiol groups is 1. The summed E-state index contributed by atoms with van der Waals surface area (Å²) < 4.78 is 9.05. The third kappa shape index (κ3) is 2.24. The van der Waals surface area contributed by atoms with Gasteiger partial charge in [-0.1, -0.05) is 0 Å². The minimum absolute atomic E-state index is 0.492. The number of esters is 1. The summed E-state index contributed by atoms with van der Waals surface area (Å²) in [5, 5.41) is 0. The molecule has 0 aliphatic carbocycles. The topological polar surface area (TPSA) is 35.5 Å². The molecule has 0 saturated carbocycles. The van der Waals surface area contributed by atoms with Crippen molar-refractivity contribution in [3.05, 3.63) is 0 Å². The molecule has 0 spiro atoms. The lowest BCUT2D eigenvalue weighted by Gasteiger charge is -2.17. The number of carbonyl (C=O) groups excluding carboxylic acids is 1. The predicted molar refractivity (Wildman–Crippen MR) is 36.4 cm³/mol. The lowest BCUT2D eigenvalue weighted by Crippen LogP contribution is -2.32. The summed E-state index contributed by atoms with van der Waals surface area (Å²) in [5.74, 6) is -0.492. The summed E-state index contributed by atoms with van der Waals surface area (Å²) >= 11 is 3.86. The molecule has 0 heterocycles. The van der Waals surface area contributed by atoms with Crippen LogP contribution in [0.1, 0.15) is 6.92 Å². The molecule has 0 aliphatic rings. The Kier molecular flexibility index (Phi) is 3.00. The largest absolute Gasteiger partial charge is 0.466 e. The second-order valence-electron chi connectivity index (χ2n) is 1.68. The van der Waals surface area contributed by atoms with Crippen molar-refractivity contribution < 1.29 is 14.3 Å². The molecule has 0 radical (unpaired) electrons. The van der Waals surface area contributed by atoms with E-state index < -0.39 is 10.9 Å². The van der Waals surface area contributed by atoms with Gasteiger partial charge in [-0.25, -0.2) is 4.79 Å². The fraction of sp³-hybridized carbons (Fsp3) is 0.800. The van der Waals surface area contributed by atoms with Gasteiger partial charge in [-0.05, 0) is 6.92 Å². The molecule has 1 unspecified atom stereocenters. The van der Waals surface area contributed by atoms with Gasteiger partial charge in [0.2, 0.25) is 4.93 Å². The molecule has 0 saturated heterocycles. The van der Waals surface area contributed by atoms with Crippen LogP contribution in [0.4, 0.5) is 0 Å². The minimum Gasteiger partial charge on any atom is -0.466 e. The molecule has 0 aromatic heterocycles. The third-order valence-electron chi connectivity index (χ3n) is 0.962. The second-order valence-corrected chi connectivity index (χ2v) is 2.53. The number of ether oxygens (including phenoxy) is 2. The normalized spacial score (nSPS) is 16.4. The van der Waals surface area contributed by atoms with Crippen LogP contribution >= 0.6 is 12.6 Å². The SMILES string of the molecule is COC(=O)C(C)(S)OC. The highest BCUT2D eigenvalue weighted by Gasteiger charge is 2.28. The minimum atomic E-state index is -1.12. The molecule has 1 atom stereocenters. The van der Waals surface area contributed by atoms with Crippen LogP contribution in [0.25, 0.3) is 0 Å². The average molecular weight is 150 g/mol. The van der Waals surface area contributed by atoms with Crippen molar-refractivity contribution in [3.8, 4) is 0 Å². The van der Waals surface area contributed by atoms with Crippen molar-refractivity contribution >= 4 is 18.6 Å². The first-order valence-electron chi connectivity index (χ1n) is 2.40. The summed E-state index contributed by atoms with van der Waals surface area (Å²) in [6, 6.07) is 0. The summed E-state index contributed by atoms with van der Waals surface area (Å²) in [4.78, 5) is 9.52. The highest BCUT2D eigenvalue weighted by Crippen LogP contribution is 2.14. The molecule has 0 aliphatic heterocycles. The van der Waals surface area contributed by atoms with E-state index in [9.17, 15) is 4.79 Å². The van der Waals surface area contributed by atoms with Gasteiger partial charge >= 0.3 is 5.97 Å². The van der Waals surface area contributed by atoms with Gasteiger partial charge in [0.05, 0.1) is 7.11 Å². The molecule has 4 heteroatoms. The molecule has 0 aromatic carbocycles. The fourth-order valence-electron chi connectivity index (χ4n) is 0.273. The standard InChI is InChI=1S/C5H10O3S/c1-5(9,8-3)4(6)7-2/h9H,1-3H3. The molecule has 0 bridgehead atoms. The zero-order chi connectivity index (χ0) is 7.49. The lowest BCUT2D eigenvalue weighted by molar-refractivity contribution is -0.153. The summed E-state index contributed by atoms with van der Waals surface area (Å²) in [7, 11) is 2.68. The van der Waals surface area contributed by atoms with E-state index in [1.165, 1.54) is 21.1 Å². The van der Waals surface area contributed by atoms with Gasteiger partial charge in [-0.15, -0.1) is 12.6 Å². The van der Waals surface area contributed by atoms with Gasteiger partial charge in [0.15, 0.2) is 0 Å². The summed E-state index contributed by atoms with van der Waals surface area (Å²) in [6.07, 6.45) is 0. The first-order chi connectivity index (χ1) is 4.04. The maximum absolute atomic E-state index is 10.6. The molecule has 0 fully saturated rings. The van der Waals surface area contributed by atoms with Gasteiger partial charge in [-0.2, -0.15) is 0 Å². The van der Waals surface area contributed by atoms with E-state index in [0.29, 0.717) is 0 Å². The van der Waals surface area contributed by atoms with Crippen LogP contribution in [0.3, 0.4) is 0 Å². The summed E-state index contributed by atoms with van der Waals surface area (Å²) in [6.45, 7) is 1.52. The molecular weight excluding hydrogens is 140 g/mol. The molecular formula is C5H10O3S. The molecule has 0 N–H and O–H groups in total. The number of rotatable bonds is 2. The number of hydrogen-bond donors (Lipinski definition) is 1. The van der Waals surface area contributed by atoms with E-state index in [1.807, 2.05) is 0 Å². The van der Waals surface area contributed by atoms with E-state index in [-0.39, 0.29) is 0 Å². The van der Waals surface area contributed by atoms with Gasteiger partial charge in [-0.3, -0.25) is 0 Å². The van der Waals surface area contributed by atoms with Crippen LogP contribution in [0.5, 0.6) is 0 Å². The first kappa shape index (κ1) is 8.78. The van der Waals surface area contributed by atoms with Crippen LogP contribution in [-0.4, -0.2) is 25.1 Å². The Bertz CT molecular complexity index is 111. The van der Waals surface area contributed by atoms with Gasteiger partial charge in [0.1, 0.15) is 0 Å². The van der Waals surface area contributed by atoms with E-state index in [1.54, 1.807) is 0 Å². The van der Waals surface area contributed by atoms with E-state index in [4.69, 9.17) is 0 Å². The van der Waals surface area contributed by atoms with Crippen LogP contribution in [-0.2, 0) is 14.3 Å². The maximum Gasteiger partial charge on any atom is 0.348 e. The molecule has 54 valence electrons. The van der Waals surface area contributed by atoms with Crippen molar-refractivity contribution in [2.75, 3.05) is 14.2 Å². The Morgan fingerprint density at radius 3 is 2.11 bits per heavy atom. The Labute approximate surface area is 59.7 Å². The molecule has 0 rings (SSSR count). The average Bonchev–Trinajstić information content (AvgIpc) is 1.86. The highest BCUT2D eigenvalue weighted by molar-refractivity contribution is 7.82. The first-order valence-corrected chi connectivity index (χ1v) is 2.85. The number of hydrogen-bond acceptors (Lipinski definition) is 4. The lowest BCUT2D eigenvalue weighted by atomic mass is 10.4. The Morgan fingerprint density at radius 1 is 1.56 bits per heavy atom. The van der Waals surface area contributed by atoms with E-state index in [2.05, 4.69) is 22.1 Å². The van der Waals surface area contributed by atoms with Crippen molar-refractivity contribution in [1.29, 1.82) is 0 Å². The van der Waals surface area contributed by atoms with Crippen LogP contribution in [0, 0.1) is 0 Å². The third-order valence-corrected chi connectivity index (χ3v) is 1.33. The zero-order valence-corrected chi connectivity index (χ0v) is 6.57. The number of methoxy groups -OCH3 is 2. The summed E-state index contributed by atoms with van der Waals surface area (Å²) in [5.41, 5.74) is 0. The maximum atomic E-state index is 10.6. The van der Waals surface area contributed by atoms with E-state index in [0.717, 1.165) is 0 Å². The molecule has 9 heavy (non-hydrogen) atoms. The Balaban J connectivity index is 3.97.